The predicted octanol–water partition coefficient (Wildman–Crippen LogP) is 3.31. The highest BCUT2D eigenvalue weighted by Gasteiger charge is 2.33. The van der Waals surface area contributed by atoms with E-state index in [1.807, 2.05) is 41.3 Å². The summed E-state index contributed by atoms with van der Waals surface area (Å²) in [5, 5.41) is 1.64. The molecule has 0 N–H and O–H groups in total. The maximum Gasteiger partial charge on any atom is 0.261 e. The molecule has 1 fully saturated rings. The van der Waals surface area contributed by atoms with Crippen LogP contribution in [0.4, 0.5) is 0 Å². The van der Waals surface area contributed by atoms with Crippen molar-refractivity contribution in [1.82, 2.24) is 14.7 Å². The van der Waals surface area contributed by atoms with Gasteiger partial charge in [-0.2, -0.15) is 0 Å². The fourth-order valence-corrected chi connectivity index (χ4v) is 4.95. The van der Waals surface area contributed by atoms with Crippen LogP contribution in [0.1, 0.15) is 26.3 Å². The van der Waals surface area contributed by atoms with Gasteiger partial charge in [0.05, 0.1) is 14.2 Å². The van der Waals surface area contributed by atoms with Crippen LogP contribution in [-0.4, -0.2) is 85.9 Å². The number of hydrogen-bond donors (Lipinski definition) is 0. The van der Waals surface area contributed by atoms with Gasteiger partial charge in [-0.3, -0.25) is 24.2 Å². The van der Waals surface area contributed by atoms with Gasteiger partial charge in [-0.25, -0.2) is 0 Å². The van der Waals surface area contributed by atoms with Gasteiger partial charge in [-0.05, 0) is 41.3 Å². The summed E-state index contributed by atoms with van der Waals surface area (Å²) in [5.41, 5.74) is 1.99. The van der Waals surface area contributed by atoms with Crippen molar-refractivity contribution in [3.63, 3.8) is 0 Å². The molecule has 0 aliphatic carbocycles. The van der Waals surface area contributed by atoms with Crippen molar-refractivity contribution in [2.75, 3.05) is 53.5 Å². The van der Waals surface area contributed by atoms with Gasteiger partial charge < -0.3 is 14.4 Å². The number of ether oxygens (including phenoxy) is 2. The second-order valence-corrected chi connectivity index (χ2v) is 9.09. The van der Waals surface area contributed by atoms with Crippen LogP contribution in [0, 0.1) is 0 Å². The number of piperazine rings is 1. The van der Waals surface area contributed by atoms with E-state index in [2.05, 4.69) is 4.90 Å². The molecule has 3 aromatic rings. The monoisotopic (exact) mass is 499 g/mol. The quantitative estimate of drug-likeness (QED) is 0.367. The van der Waals surface area contributed by atoms with Crippen LogP contribution in [0.3, 0.4) is 0 Å². The van der Waals surface area contributed by atoms with Gasteiger partial charge in [0.15, 0.2) is 11.5 Å². The molecule has 190 valence electrons. The van der Waals surface area contributed by atoms with E-state index in [4.69, 9.17) is 9.47 Å². The molecule has 0 saturated carbocycles. The van der Waals surface area contributed by atoms with Crippen LogP contribution in [-0.2, 0) is 4.79 Å². The molecule has 5 rings (SSSR count). The number of carbonyl (C=O) groups excluding carboxylic acids is 3. The SMILES string of the molecule is COc1ccc(/C=C/C(=O)N2CCN(CCN3C(=O)c4cccc5cccc(c45)C3=O)CC2)cc1OC. The maximum atomic E-state index is 13.1. The first-order valence-corrected chi connectivity index (χ1v) is 12.3. The molecule has 2 aliphatic rings. The van der Waals surface area contributed by atoms with E-state index in [0.29, 0.717) is 61.9 Å². The fourth-order valence-electron chi connectivity index (χ4n) is 4.95. The Morgan fingerprint density at radius 3 is 2.11 bits per heavy atom. The average Bonchev–Trinajstić information content (AvgIpc) is 2.94. The topological polar surface area (TPSA) is 79.4 Å². The number of benzene rings is 3. The number of hydrogen-bond acceptors (Lipinski definition) is 6. The number of rotatable bonds is 7. The van der Waals surface area contributed by atoms with Gasteiger partial charge in [-0.1, -0.05) is 30.3 Å². The normalized spacial score (nSPS) is 16.1. The smallest absolute Gasteiger partial charge is 0.261 e. The molecule has 0 aromatic heterocycles. The van der Waals surface area contributed by atoms with E-state index in [-0.39, 0.29) is 17.7 Å². The van der Waals surface area contributed by atoms with Crippen LogP contribution in [0.5, 0.6) is 11.5 Å². The Balaban J connectivity index is 1.16. The third-order valence-electron chi connectivity index (χ3n) is 7.01. The van der Waals surface area contributed by atoms with Crippen molar-refractivity contribution in [3.05, 3.63) is 77.4 Å². The summed E-state index contributed by atoms with van der Waals surface area (Å²) in [4.78, 5) is 44.3. The summed E-state index contributed by atoms with van der Waals surface area (Å²) in [6.07, 6.45) is 3.34. The number of methoxy groups -OCH3 is 2. The zero-order valence-electron chi connectivity index (χ0n) is 21.0. The van der Waals surface area contributed by atoms with Crippen molar-refractivity contribution in [1.29, 1.82) is 0 Å². The molecule has 1 saturated heterocycles. The second-order valence-electron chi connectivity index (χ2n) is 9.09. The van der Waals surface area contributed by atoms with Gasteiger partial charge >= 0.3 is 0 Å². The first-order chi connectivity index (χ1) is 18.0. The molecule has 0 unspecified atom stereocenters. The largest absolute Gasteiger partial charge is 0.493 e. The van der Waals surface area contributed by atoms with Gasteiger partial charge in [0.2, 0.25) is 5.91 Å². The third kappa shape index (κ3) is 4.80. The molecule has 37 heavy (non-hydrogen) atoms. The standard InChI is InChI=1S/C29H29N3O5/c1-36-24-11-9-20(19-25(24)37-2)10-12-26(33)31-16-13-30(14-17-31)15-18-32-28(34)22-7-3-5-21-6-4-8-23(27(21)22)29(32)35/h3-12,19H,13-18H2,1-2H3/b12-10+. The molecule has 2 aliphatic heterocycles. The van der Waals surface area contributed by atoms with Gasteiger partial charge in [0.1, 0.15) is 0 Å². The number of nitrogens with zero attached hydrogens (tertiary/aromatic N) is 3. The van der Waals surface area contributed by atoms with Crippen molar-refractivity contribution in [2.24, 2.45) is 0 Å². The molecule has 0 atom stereocenters. The summed E-state index contributed by atoms with van der Waals surface area (Å²) >= 11 is 0. The lowest BCUT2D eigenvalue weighted by atomic mass is 9.94. The van der Waals surface area contributed by atoms with E-state index < -0.39 is 0 Å². The fraction of sp³-hybridized carbons (Fsp3) is 0.276. The lowest BCUT2D eigenvalue weighted by Crippen LogP contribution is -2.51. The van der Waals surface area contributed by atoms with E-state index in [1.165, 1.54) is 4.90 Å². The Hall–Kier alpha value is -4.17. The number of amides is 3. The molecular weight excluding hydrogens is 470 g/mol. The van der Waals surface area contributed by atoms with Gasteiger partial charge in [-0.15, -0.1) is 0 Å². The van der Waals surface area contributed by atoms with Crippen molar-refractivity contribution in [2.45, 2.75) is 0 Å². The predicted molar refractivity (Wildman–Crippen MR) is 141 cm³/mol. The summed E-state index contributed by atoms with van der Waals surface area (Å²) in [6.45, 7) is 3.41. The van der Waals surface area contributed by atoms with Gasteiger partial charge in [0.25, 0.3) is 11.8 Å². The highest BCUT2D eigenvalue weighted by Crippen LogP contribution is 2.30. The Labute approximate surface area is 215 Å². The van der Waals surface area contributed by atoms with Crippen molar-refractivity contribution < 1.29 is 23.9 Å². The molecule has 8 heteroatoms. The summed E-state index contributed by atoms with van der Waals surface area (Å²) in [5.74, 6) is 0.695. The third-order valence-corrected chi connectivity index (χ3v) is 7.01. The van der Waals surface area contributed by atoms with Crippen LogP contribution < -0.4 is 9.47 Å². The molecule has 3 amide bonds. The second kappa shape index (κ2) is 10.4. The summed E-state index contributed by atoms with van der Waals surface area (Å²) in [7, 11) is 3.16. The minimum atomic E-state index is -0.247. The lowest BCUT2D eigenvalue weighted by Gasteiger charge is -2.35. The van der Waals surface area contributed by atoms with Crippen LogP contribution in [0.25, 0.3) is 16.8 Å². The highest BCUT2D eigenvalue weighted by atomic mass is 16.5. The minimum absolute atomic E-state index is 0.0551. The summed E-state index contributed by atoms with van der Waals surface area (Å²) in [6, 6.07) is 16.6. The first-order valence-electron chi connectivity index (χ1n) is 12.3. The van der Waals surface area contributed by atoms with E-state index >= 15 is 0 Å². The van der Waals surface area contributed by atoms with Crippen LogP contribution in [0.2, 0.25) is 0 Å². The van der Waals surface area contributed by atoms with E-state index in [9.17, 15) is 14.4 Å². The number of imide groups is 1. The highest BCUT2D eigenvalue weighted by molar-refractivity contribution is 6.25. The van der Waals surface area contributed by atoms with E-state index in [0.717, 1.165) is 16.3 Å². The Bertz CT molecular complexity index is 1340. The van der Waals surface area contributed by atoms with E-state index in [1.54, 1.807) is 44.6 Å². The van der Waals surface area contributed by atoms with Gasteiger partial charge in [0, 0.05) is 61.9 Å². The Morgan fingerprint density at radius 1 is 0.838 bits per heavy atom. The minimum Gasteiger partial charge on any atom is -0.493 e. The first kappa shape index (κ1) is 24.5. The molecule has 0 radical (unpaired) electrons. The average molecular weight is 500 g/mol. The molecule has 3 aromatic carbocycles. The van der Waals surface area contributed by atoms with Crippen LogP contribution >= 0.6 is 0 Å². The molecule has 8 nitrogen and oxygen atoms in total. The Morgan fingerprint density at radius 2 is 1.49 bits per heavy atom. The van der Waals surface area contributed by atoms with Crippen molar-refractivity contribution >= 4 is 34.6 Å². The molecular formula is C29H29N3O5. The number of carbonyl (C=O) groups is 3. The van der Waals surface area contributed by atoms with Crippen molar-refractivity contribution in [3.8, 4) is 11.5 Å². The molecule has 2 heterocycles. The lowest BCUT2D eigenvalue weighted by molar-refractivity contribution is -0.127. The van der Waals surface area contributed by atoms with Crippen LogP contribution in [0.15, 0.2) is 60.7 Å². The molecule has 0 spiro atoms. The zero-order valence-corrected chi connectivity index (χ0v) is 21.0. The maximum absolute atomic E-state index is 13.1. The zero-order chi connectivity index (χ0) is 25.9. The Kier molecular flexibility index (Phi) is 6.92. The molecule has 0 bridgehead atoms. The summed E-state index contributed by atoms with van der Waals surface area (Å²) < 4.78 is 10.6.